The minimum atomic E-state index is -0.528. The number of aliphatic hydroxyl groups excluding tert-OH is 2. The molecule has 0 radical (unpaired) electrons. The summed E-state index contributed by atoms with van der Waals surface area (Å²) in [4.78, 5) is 12.8. The highest BCUT2D eigenvalue weighted by Gasteiger charge is 2.24. The van der Waals surface area contributed by atoms with Crippen molar-refractivity contribution in [2.24, 2.45) is 5.92 Å². The topological polar surface area (TPSA) is 85.2 Å². The molecule has 6 heteroatoms. The molecular formula is C39H50O6. The van der Waals surface area contributed by atoms with E-state index in [1.807, 2.05) is 30.3 Å². The molecule has 1 saturated carbocycles. The molecule has 0 unspecified atom stereocenters. The number of hydrogen-bond donors (Lipinski definition) is 2. The molecule has 3 aromatic rings. The Morgan fingerprint density at radius 3 is 2.36 bits per heavy atom. The molecule has 0 aliphatic heterocycles. The monoisotopic (exact) mass is 614 g/mol. The van der Waals surface area contributed by atoms with Gasteiger partial charge in [0.2, 0.25) is 0 Å². The van der Waals surface area contributed by atoms with E-state index in [1.165, 1.54) is 56.1 Å². The van der Waals surface area contributed by atoms with Gasteiger partial charge in [0, 0.05) is 17.7 Å². The van der Waals surface area contributed by atoms with E-state index in [0.717, 1.165) is 28.2 Å². The van der Waals surface area contributed by atoms with Crippen LogP contribution in [0.25, 0.3) is 22.3 Å². The number of benzene rings is 3. The molecule has 1 aliphatic carbocycles. The van der Waals surface area contributed by atoms with E-state index >= 15 is 0 Å². The summed E-state index contributed by atoms with van der Waals surface area (Å²) in [5.41, 5.74) is 6.40. The zero-order valence-corrected chi connectivity index (χ0v) is 27.3. The highest BCUT2D eigenvalue weighted by atomic mass is 16.6. The van der Waals surface area contributed by atoms with Gasteiger partial charge >= 0.3 is 5.97 Å². The summed E-state index contributed by atoms with van der Waals surface area (Å²) in [7, 11) is 0. The lowest BCUT2D eigenvalue weighted by molar-refractivity contribution is -0.130. The second-order valence-electron chi connectivity index (χ2n) is 12.3. The summed E-state index contributed by atoms with van der Waals surface area (Å²) in [5.74, 6) is 2.31. The Kier molecular flexibility index (Phi) is 13.1. The molecule has 242 valence electrons. The molecule has 1 fully saturated rings. The fourth-order valence-electron chi connectivity index (χ4n) is 6.23. The Morgan fingerprint density at radius 1 is 0.867 bits per heavy atom. The molecule has 45 heavy (non-hydrogen) atoms. The molecule has 1 aliphatic rings. The van der Waals surface area contributed by atoms with Crippen LogP contribution in [0, 0.1) is 12.8 Å². The second-order valence-corrected chi connectivity index (χ2v) is 12.3. The maximum atomic E-state index is 12.8. The molecule has 3 aromatic carbocycles. The Hall–Kier alpha value is -3.61. The Balaban J connectivity index is 1.74. The molecule has 0 saturated heterocycles. The summed E-state index contributed by atoms with van der Waals surface area (Å²) in [6.07, 6.45) is 10.3. The lowest BCUT2D eigenvalue weighted by atomic mass is 9.76. The summed E-state index contributed by atoms with van der Waals surface area (Å²) >= 11 is 0. The fourth-order valence-corrected chi connectivity index (χ4v) is 6.23. The van der Waals surface area contributed by atoms with E-state index < -0.39 is 5.97 Å². The van der Waals surface area contributed by atoms with Crippen molar-refractivity contribution in [1.82, 2.24) is 0 Å². The van der Waals surface area contributed by atoms with Crippen LogP contribution in [-0.4, -0.2) is 42.6 Å². The van der Waals surface area contributed by atoms with E-state index in [2.05, 4.69) is 44.7 Å². The van der Waals surface area contributed by atoms with Gasteiger partial charge in [-0.25, -0.2) is 4.79 Å². The minimum Gasteiger partial charge on any atom is -0.491 e. The first kappa shape index (κ1) is 34.3. The first-order chi connectivity index (χ1) is 21.8. The van der Waals surface area contributed by atoms with Crippen molar-refractivity contribution < 1.29 is 29.2 Å². The Labute approximate surface area is 269 Å². The van der Waals surface area contributed by atoms with Gasteiger partial charge in [0.05, 0.1) is 13.2 Å². The normalized spacial score (nSPS) is 16.3. The number of ether oxygens (including phenoxy) is 3. The first-order valence-electron chi connectivity index (χ1n) is 16.6. The molecule has 0 bridgehead atoms. The molecule has 2 N–H and O–H groups in total. The smallest absolute Gasteiger partial charge is 0.338 e. The summed E-state index contributed by atoms with van der Waals surface area (Å²) in [6, 6.07) is 18.3. The van der Waals surface area contributed by atoms with E-state index in [9.17, 15) is 15.0 Å². The van der Waals surface area contributed by atoms with Crippen LogP contribution >= 0.6 is 0 Å². The third-order valence-corrected chi connectivity index (χ3v) is 8.76. The van der Waals surface area contributed by atoms with Crippen LogP contribution in [0.3, 0.4) is 0 Å². The van der Waals surface area contributed by atoms with Crippen LogP contribution in [0.15, 0.2) is 66.7 Å². The maximum absolute atomic E-state index is 12.8. The number of aryl methyl sites for hydroxylation is 1. The molecular weight excluding hydrogens is 564 g/mol. The SMILES string of the molecule is C=C(C)C(=O)Oc1cc(-c2ccc(C3CCC(CCCC)CC3)cc2C)cc(-c2cccc(OCCO)c2)c1OCCCCO. The van der Waals surface area contributed by atoms with Gasteiger partial charge in [-0.05, 0) is 116 Å². The zero-order valence-electron chi connectivity index (χ0n) is 27.3. The fraction of sp³-hybridized carbons (Fsp3) is 0.462. The molecule has 0 aromatic heterocycles. The van der Waals surface area contributed by atoms with E-state index in [0.29, 0.717) is 42.6 Å². The van der Waals surface area contributed by atoms with E-state index in [1.54, 1.807) is 6.92 Å². The number of hydrogen-bond acceptors (Lipinski definition) is 6. The van der Waals surface area contributed by atoms with Crippen molar-refractivity contribution in [1.29, 1.82) is 0 Å². The summed E-state index contributed by atoms with van der Waals surface area (Å²) in [5, 5.41) is 18.6. The Bertz CT molecular complexity index is 1420. The van der Waals surface area contributed by atoms with Gasteiger partial charge in [-0.2, -0.15) is 0 Å². The number of unbranched alkanes of at least 4 members (excludes halogenated alkanes) is 2. The predicted molar refractivity (Wildman–Crippen MR) is 181 cm³/mol. The van der Waals surface area contributed by atoms with Crippen molar-refractivity contribution >= 4 is 5.97 Å². The molecule has 6 nitrogen and oxygen atoms in total. The molecule has 0 amide bonds. The van der Waals surface area contributed by atoms with Gasteiger partial charge in [0.15, 0.2) is 11.5 Å². The van der Waals surface area contributed by atoms with Crippen LogP contribution in [0.4, 0.5) is 0 Å². The van der Waals surface area contributed by atoms with Crippen molar-refractivity contribution in [3.63, 3.8) is 0 Å². The van der Waals surface area contributed by atoms with Gasteiger partial charge in [-0.1, -0.05) is 63.1 Å². The second kappa shape index (κ2) is 17.2. The van der Waals surface area contributed by atoms with Gasteiger partial charge < -0.3 is 24.4 Å². The third kappa shape index (κ3) is 9.44. The zero-order chi connectivity index (χ0) is 32.2. The summed E-state index contributed by atoms with van der Waals surface area (Å²) < 4.78 is 17.9. The number of carbonyl (C=O) groups excluding carboxylic acids is 1. The van der Waals surface area contributed by atoms with Crippen LogP contribution in [0.1, 0.15) is 88.7 Å². The number of carbonyl (C=O) groups is 1. The Morgan fingerprint density at radius 2 is 1.67 bits per heavy atom. The maximum Gasteiger partial charge on any atom is 0.338 e. The first-order valence-corrected chi connectivity index (χ1v) is 16.6. The highest BCUT2D eigenvalue weighted by Crippen LogP contribution is 2.45. The lowest BCUT2D eigenvalue weighted by Gasteiger charge is -2.29. The van der Waals surface area contributed by atoms with Crippen molar-refractivity contribution in [2.45, 2.75) is 84.5 Å². The van der Waals surface area contributed by atoms with E-state index in [-0.39, 0.29) is 25.4 Å². The number of aliphatic hydroxyl groups is 2. The predicted octanol–water partition coefficient (Wildman–Crippen LogP) is 8.80. The number of esters is 1. The van der Waals surface area contributed by atoms with Crippen molar-refractivity contribution in [3.05, 3.63) is 77.9 Å². The van der Waals surface area contributed by atoms with Crippen molar-refractivity contribution in [3.8, 4) is 39.5 Å². The van der Waals surface area contributed by atoms with Crippen LogP contribution < -0.4 is 14.2 Å². The van der Waals surface area contributed by atoms with Crippen molar-refractivity contribution in [2.75, 3.05) is 26.4 Å². The number of rotatable bonds is 16. The van der Waals surface area contributed by atoms with Gasteiger partial charge in [-0.3, -0.25) is 0 Å². The highest BCUT2D eigenvalue weighted by molar-refractivity contribution is 5.91. The van der Waals surface area contributed by atoms with Crippen LogP contribution in [0.2, 0.25) is 0 Å². The van der Waals surface area contributed by atoms with Gasteiger partial charge in [-0.15, -0.1) is 0 Å². The quantitative estimate of drug-likeness (QED) is 0.0726. The average Bonchev–Trinajstić information content (AvgIpc) is 3.05. The molecule has 4 rings (SSSR count). The minimum absolute atomic E-state index is 0.0759. The van der Waals surface area contributed by atoms with Gasteiger partial charge in [0.25, 0.3) is 0 Å². The lowest BCUT2D eigenvalue weighted by Crippen LogP contribution is -2.13. The van der Waals surface area contributed by atoms with E-state index in [4.69, 9.17) is 14.2 Å². The largest absolute Gasteiger partial charge is 0.491 e. The standard InChI is InChI=1S/C39H50O6/c1-5-6-10-29-13-15-30(16-14-29)31-17-18-35(28(4)23-31)33-25-36(32-11-9-12-34(24-32)43-22-20-41)38(44-21-8-7-19-40)37(26-33)45-39(42)27(2)3/h9,11-12,17-18,23-26,29-30,40-41H,2,5-8,10,13-16,19-22H2,1,3-4H3. The van der Waals surface area contributed by atoms with Crippen LogP contribution in [-0.2, 0) is 4.79 Å². The third-order valence-electron chi connectivity index (χ3n) is 8.76. The molecule has 0 atom stereocenters. The van der Waals surface area contributed by atoms with Gasteiger partial charge in [0.1, 0.15) is 12.4 Å². The van der Waals surface area contributed by atoms with Crippen LogP contribution in [0.5, 0.6) is 17.2 Å². The molecule has 0 heterocycles. The summed E-state index contributed by atoms with van der Waals surface area (Å²) in [6.45, 7) is 10.3. The molecule has 0 spiro atoms. The average molecular weight is 615 g/mol.